The Morgan fingerprint density at radius 1 is 1.26 bits per heavy atom. The lowest BCUT2D eigenvalue weighted by atomic mass is 9.86. The molecule has 0 aliphatic carbocycles. The van der Waals surface area contributed by atoms with Crippen LogP contribution < -0.4 is 0 Å². The van der Waals surface area contributed by atoms with Gasteiger partial charge in [0.2, 0.25) is 0 Å². The van der Waals surface area contributed by atoms with Gasteiger partial charge in [-0.1, -0.05) is 45.0 Å². The number of allylic oxidation sites excluding steroid dienone is 1. The lowest BCUT2D eigenvalue weighted by Crippen LogP contribution is -2.10. The fourth-order valence-corrected chi connectivity index (χ4v) is 2.50. The summed E-state index contributed by atoms with van der Waals surface area (Å²) in [6.45, 7) is 10.9. The quantitative estimate of drug-likeness (QED) is 0.672. The number of aromatic nitrogens is 2. The number of nitriles is 1. The van der Waals surface area contributed by atoms with Crippen LogP contribution in [0.15, 0.2) is 30.3 Å². The number of aryl methyl sites for hydroxylation is 2. The Morgan fingerprint density at radius 3 is 2.35 bits per heavy atom. The van der Waals surface area contributed by atoms with E-state index >= 15 is 0 Å². The molecule has 2 aromatic rings. The van der Waals surface area contributed by atoms with Crippen LogP contribution in [0.2, 0.25) is 0 Å². The number of hydrogen-bond donors (Lipinski definition) is 1. The molecule has 0 bridgehead atoms. The fourth-order valence-electron chi connectivity index (χ4n) is 2.50. The fraction of sp³-hybridized carbons (Fsp3) is 0.368. The molecule has 1 N–H and O–H groups in total. The van der Waals surface area contributed by atoms with Crippen LogP contribution in [-0.4, -0.2) is 14.9 Å². The Hall–Kier alpha value is -2.54. The van der Waals surface area contributed by atoms with E-state index in [0.717, 1.165) is 5.69 Å². The maximum Gasteiger partial charge on any atom is 0.159 e. The van der Waals surface area contributed by atoms with Crippen molar-refractivity contribution in [2.24, 2.45) is 0 Å². The van der Waals surface area contributed by atoms with E-state index in [1.165, 1.54) is 5.56 Å². The molecule has 0 aliphatic heterocycles. The van der Waals surface area contributed by atoms with Gasteiger partial charge in [-0.15, -0.1) is 0 Å². The first kappa shape index (κ1) is 16.8. The highest BCUT2D eigenvalue weighted by Crippen LogP contribution is 2.27. The largest absolute Gasteiger partial charge is 0.504 e. The van der Waals surface area contributed by atoms with Crippen LogP contribution in [0.4, 0.5) is 0 Å². The number of hydrogen-bond acceptors (Lipinski definition) is 3. The summed E-state index contributed by atoms with van der Waals surface area (Å²) in [6, 6.07) is 11.7. The molecular formula is C19H23N3O. The topological polar surface area (TPSA) is 61.8 Å². The minimum Gasteiger partial charge on any atom is -0.504 e. The molecule has 0 saturated heterocycles. The van der Waals surface area contributed by atoms with Crippen molar-refractivity contribution in [3.05, 3.63) is 52.8 Å². The zero-order chi connectivity index (χ0) is 17.2. The zero-order valence-electron chi connectivity index (χ0n) is 14.4. The number of benzene rings is 1. The van der Waals surface area contributed by atoms with Crippen molar-refractivity contribution in [2.75, 3.05) is 0 Å². The van der Waals surface area contributed by atoms with Crippen molar-refractivity contribution in [1.29, 1.82) is 5.26 Å². The standard InChI is InChI=1S/C19H23N3O/c1-6-22-17(11-13(2)21-22)18(23)16(12-20)14-7-9-15(10-8-14)19(3,4)5/h7-11,23H,6H2,1-5H3/b18-16+. The van der Waals surface area contributed by atoms with E-state index in [4.69, 9.17) is 0 Å². The molecule has 0 spiro atoms. The summed E-state index contributed by atoms with van der Waals surface area (Å²) in [4.78, 5) is 0. The first-order valence-electron chi connectivity index (χ1n) is 7.77. The van der Waals surface area contributed by atoms with Gasteiger partial charge in [0.1, 0.15) is 17.3 Å². The average Bonchev–Trinajstić information content (AvgIpc) is 2.88. The minimum atomic E-state index is -0.0292. The monoisotopic (exact) mass is 309 g/mol. The molecule has 0 aliphatic rings. The van der Waals surface area contributed by atoms with Crippen LogP contribution in [0.5, 0.6) is 0 Å². The van der Waals surface area contributed by atoms with Crippen LogP contribution in [0, 0.1) is 18.3 Å². The molecule has 4 nitrogen and oxygen atoms in total. The van der Waals surface area contributed by atoms with E-state index in [-0.39, 0.29) is 16.7 Å². The van der Waals surface area contributed by atoms with Gasteiger partial charge < -0.3 is 5.11 Å². The van der Waals surface area contributed by atoms with Crippen LogP contribution >= 0.6 is 0 Å². The molecule has 0 atom stereocenters. The molecular weight excluding hydrogens is 286 g/mol. The lowest BCUT2D eigenvalue weighted by molar-refractivity contribution is 0.497. The van der Waals surface area contributed by atoms with Gasteiger partial charge in [-0.05, 0) is 36.5 Å². The third-order valence-corrected chi connectivity index (χ3v) is 3.83. The molecule has 23 heavy (non-hydrogen) atoms. The number of nitrogens with zero attached hydrogens (tertiary/aromatic N) is 3. The maximum absolute atomic E-state index is 10.6. The molecule has 0 saturated carbocycles. The van der Waals surface area contributed by atoms with Crippen LogP contribution in [0.25, 0.3) is 11.3 Å². The molecule has 2 rings (SSSR count). The van der Waals surface area contributed by atoms with Crippen molar-refractivity contribution in [1.82, 2.24) is 9.78 Å². The Kier molecular flexibility index (Phi) is 4.60. The van der Waals surface area contributed by atoms with Crippen molar-refractivity contribution in [3.8, 4) is 6.07 Å². The van der Waals surface area contributed by atoms with Gasteiger partial charge >= 0.3 is 0 Å². The van der Waals surface area contributed by atoms with Gasteiger partial charge in [0.15, 0.2) is 5.76 Å². The summed E-state index contributed by atoms with van der Waals surface area (Å²) in [5.74, 6) is -0.0292. The summed E-state index contributed by atoms with van der Waals surface area (Å²) in [5, 5.41) is 24.4. The van der Waals surface area contributed by atoms with Crippen LogP contribution in [0.3, 0.4) is 0 Å². The molecule has 0 radical (unpaired) electrons. The third kappa shape index (κ3) is 3.45. The Bertz CT molecular complexity index is 768. The predicted molar refractivity (Wildman–Crippen MR) is 92.8 cm³/mol. The second-order valence-electron chi connectivity index (χ2n) is 6.65. The highest BCUT2D eigenvalue weighted by atomic mass is 16.3. The average molecular weight is 309 g/mol. The maximum atomic E-state index is 10.6. The second kappa shape index (κ2) is 6.29. The van der Waals surface area contributed by atoms with Gasteiger partial charge in [-0.3, -0.25) is 4.68 Å². The highest BCUT2D eigenvalue weighted by molar-refractivity contribution is 5.93. The summed E-state index contributed by atoms with van der Waals surface area (Å²) in [5.41, 5.74) is 3.59. The van der Waals surface area contributed by atoms with E-state index in [1.54, 1.807) is 10.7 Å². The highest BCUT2D eigenvalue weighted by Gasteiger charge is 2.17. The molecule has 1 heterocycles. The number of rotatable bonds is 3. The van der Waals surface area contributed by atoms with Crippen LogP contribution in [-0.2, 0) is 12.0 Å². The molecule has 0 amide bonds. The normalized spacial score (nSPS) is 12.7. The molecule has 0 fully saturated rings. The summed E-state index contributed by atoms with van der Waals surface area (Å²) < 4.78 is 1.70. The van der Waals surface area contributed by atoms with Gasteiger partial charge in [0, 0.05) is 6.54 Å². The summed E-state index contributed by atoms with van der Waals surface area (Å²) >= 11 is 0. The summed E-state index contributed by atoms with van der Waals surface area (Å²) in [6.07, 6.45) is 0. The second-order valence-corrected chi connectivity index (χ2v) is 6.65. The first-order valence-corrected chi connectivity index (χ1v) is 7.77. The van der Waals surface area contributed by atoms with Crippen LogP contribution in [0.1, 0.15) is 50.2 Å². The van der Waals surface area contributed by atoms with E-state index in [0.29, 0.717) is 17.8 Å². The van der Waals surface area contributed by atoms with E-state index in [9.17, 15) is 10.4 Å². The van der Waals surface area contributed by atoms with Crippen molar-refractivity contribution in [3.63, 3.8) is 0 Å². The first-order chi connectivity index (χ1) is 10.8. The van der Waals surface area contributed by atoms with Gasteiger partial charge in [0.25, 0.3) is 0 Å². The number of aliphatic hydroxyl groups excluding tert-OH is 1. The molecule has 1 aromatic carbocycles. The third-order valence-electron chi connectivity index (χ3n) is 3.83. The van der Waals surface area contributed by atoms with Gasteiger partial charge in [-0.2, -0.15) is 10.4 Å². The Labute approximate surface area is 137 Å². The lowest BCUT2D eigenvalue weighted by Gasteiger charge is -2.19. The van der Waals surface area contributed by atoms with Crippen molar-refractivity contribution < 1.29 is 5.11 Å². The van der Waals surface area contributed by atoms with Gasteiger partial charge in [-0.25, -0.2) is 0 Å². The Balaban J connectivity index is 2.52. The van der Waals surface area contributed by atoms with E-state index in [2.05, 4.69) is 31.9 Å². The van der Waals surface area contributed by atoms with Crippen molar-refractivity contribution in [2.45, 2.75) is 46.6 Å². The Morgan fingerprint density at radius 2 is 1.87 bits per heavy atom. The smallest absolute Gasteiger partial charge is 0.159 e. The summed E-state index contributed by atoms with van der Waals surface area (Å²) in [7, 11) is 0. The molecule has 1 aromatic heterocycles. The molecule has 0 unspecified atom stereocenters. The number of aliphatic hydroxyl groups is 1. The predicted octanol–water partition coefficient (Wildman–Crippen LogP) is 4.46. The molecule has 4 heteroatoms. The van der Waals surface area contributed by atoms with E-state index in [1.807, 2.05) is 38.1 Å². The zero-order valence-corrected chi connectivity index (χ0v) is 14.4. The SMILES string of the molecule is CCn1nc(C)cc1/C(O)=C(/C#N)c1ccc(C(C)(C)C)cc1. The molecule has 120 valence electrons. The van der Waals surface area contributed by atoms with E-state index < -0.39 is 0 Å². The van der Waals surface area contributed by atoms with Crippen molar-refractivity contribution >= 4 is 11.3 Å². The van der Waals surface area contributed by atoms with Gasteiger partial charge in [0.05, 0.1) is 5.69 Å². The minimum absolute atomic E-state index is 0.0292.